The van der Waals surface area contributed by atoms with Crippen LogP contribution in [0.2, 0.25) is 0 Å². The van der Waals surface area contributed by atoms with E-state index in [-0.39, 0.29) is 5.78 Å². The van der Waals surface area contributed by atoms with E-state index in [0.29, 0.717) is 18.5 Å². The Kier molecular flexibility index (Phi) is 3.36. The lowest BCUT2D eigenvalue weighted by Crippen LogP contribution is -2.27. The van der Waals surface area contributed by atoms with E-state index >= 15 is 0 Å². The van der Waals surface area contributed by atoms with Crippen molar-refractivity contribution in [2.75, 3.05) is 6.54 Å². The van der Waals surface area contributed by atoms with E-state index in [1.807, 2.05) is 13.8 Å². The highest BCUT2D eigenvalue weighted by Crippen LogP contribution is 2.24. The number of carbonyl (C=O) groups excluding carboxylic acids is 1. The molecule has 0 unspecified atom stereocenters. The molecule has 0 amide bonds. The van der Waals surface area contributed by atoms with E-state index in [1.165, 1.54) is 0 Å². The number of pyridine rings is 1. The summed E-state index contributed by atoms with van der Waals surface area (Å²) in [5.41, 5.74) is 5.73. The van der Waals surface area contributed by atoms with Gasteiger partial charge in [-0.15, -0.1) is 0 Å². The summed E-state index contributed by atoms with van der Waals surface area (Å²) in [6.07, 6.45) is 3.95. The fraction of sp³-hybridized carbons (Fsp3) is 0.455. The van der Waals surface area contributed by atoms with Crippen molar-refractivity contribution in [3.05, 3.63) is 30.1 Å². The quantitative estimate of drug-likeness (QED) is 0.738. The van der Waals surface area contributed by atoms with Gasteiger partial charge in [-0.3, -0.25) is 9.78 Å². The number of rotatable bonds is 4. The van der Waals surface area contributed by atoms with Gasteiger partial charge in [-0.1, -0.05) is 13.8 Å². The van der Waals surface area contributed by atoms with E-state index in [4.69, 9.17) is 5.73 Å². The summed E-state index contributed by atoms with van der Waals surface area (Å²) in [7, 11) is 0. The molecule has 76 valence electrons. The Balaban J connectivity index is 2.85. The largest absolute Gasteiger partial charge is 0.330 e. The number of nitrogens with zero attached hydrogens (tertiary/aromatic N) is 1. The molecule has 3 heteroatoms. The molecule has 0 saturated carbocycles. The Morgan fingerprint density at radius 1 is 1.57 bits per heavy atom. The minimum absolute atomic E-state index is 0.107. The molecule has 0 spiro atoms. The van der Waals surface area contributed by atoms with Crippen molar-refractivity contribution < 1.29 is 4.79 Å². The van der Waals surface area contributed by atoms with Crippen molar-refractivity contribution in [1.82, 2.24) is 4.98 Å². The molecule has 0 aliphatic carbocycles. The molecule has 1 aromatic rings. The highest BCUT2D eigenvalue weighted by molar-refractivity contribution is 5.99. The van der Waals surface area contributed by atoms with E-state index in [2.05, 4.69) is 4.98 Å². The molecular weight excluding hydrogens is 176 g/mol. The number of aromatic nitrogens is 1. The van der Waals surface area contributed by atoms with Crippen molar-refractivity contribution in [1.29, 1.82) is 0 Å². The van der Waals surface area contributed by atoms with Gasteiger partial charge in [-0.25, -0.2) is 0 Å². The number of ketones is 1. The molecule has 14 heavy (non-hydrogen) atoms. The minimum Gasteiger partial charge on any atom is -0.330 e. The Morgan fingerprint density at radius 3 is 2.79 bits per heavy atom. The lowest BCUT2D eigenvalue weighted by Gasteiger charge is -2.21. The monoisotopic (exact) mass is 192 g/mol. The summed E-state index contributed by atoms with van der Waals surface area (Å²) < 4.78 is 0. The maximum Gasteiger partial charge on any atom is 0.170 e. The maximum absolute atomic E-state index is 12.0. The van der Waals surface area contributed by atoms with Crippen LogP contribution in [0.25, 0.3) is 0 Å². The van der Waals surface area contributed by atoms with Crippen molar-refractivity contribution in [2.45, 2.75) is 20.3 Å². The Morgan fingerprint density at radius 2 is 2.29 bits per heavy atom. The first-order valence-corrected chi connectivity index (χ1v) is 4.73. The maximum atomic E-state index is 12.0. The first-order chi connectivity index (χ1) is 6.58. The van der Waals surface area contributed by atoms with Gasteiger partial charge in [0.25, 0.3) is 0 Å². The van der Waals surface area contributed by atoms with Gasteiger partial charge >= 0.3 is 0 Å². The molecule has 0 aromatic carbocycles. The molecule has 0 aliphatic rings. The van der Waals surface area contributed by atoms with E-state index < -0.39 is 5.41 Å². The third-order valence-electron chi connectivity index (χ3n) is 2.31. The smallest absolute Gasteiger partial charge is 0.170 e. The third kappa shape index (κ3) is 2.39. The molecule has 0 aliphatic heterocycles. The van der Waals surface area contributed by atoms with Gasteiger partial charge in [0, 0.05) is 23.4 Å². The number of Topliss-reactive ketones (excluding diaryl/α,β-unsaturated/α-hetero) is 1. The Hall–Kier alpha value is -1.22. The summed E-state index contributed by atoms with van der Waals surface area (Å²) in [6, 6.07) is 3.55. The predicted molar refractivity (Wildman–Crippen MR) is 56.0 cm³/mol. The van der Waals surface area contributed by atoms with Crippen LogP contribution in [-0.2, 0) is 0 Å². The van der Waals surface area contributed by atoms with Gasteiger partial charge in [0.1, 0.15) is 0 Å². The van der Waals surface area contributed by atoms with Crippen LogP contribution < -0.4 is 5.73 Å². The topological polar surface area (TPSA) is 56.0 Å². The van der Waals surface area contributed by atoms with Crippen LogP contribution in [0.1, 0.15) is 30.6 Å². The number of nitrogens with two attached hydrogens (primary N) is 1. The summed E-state index contributed by atoms with van der Waals surface area (Å²) in [5.74, 6) is 0.107. The lowest BCUT2D eigenvalue weighted by molar-refractivity contribution is 0.0829. The van der Waals surface area contributed by atoms with Crippen LogP contribution in [0.4, 0.5) is 0 Å². The summed E-state index contributed by atoms with van der Waals surface area (Å²) >= 11 is 0. The van der Waals surface area contributed by atoms with Crippen LogP contribution in [0, 0.1) is 5.41 Å². The normalized spacial score (nSPS) is 11.4. The van der Waals surface area contributed by atoms with Crippen molar-refractivity contribution in [2.24, 2.45) is 11.1 Å². The number of hydrogen-bond donors (Lipinski definition) is 1. The van der Waals surface area contributed by atoms with Gasteiger partial charge in [0.05, 0.1) is 0 Å². The molecule has 0 fully saturated rings. The second-order valence-corrected chi connectivity index (χ2v) is 3.99. The highest BCUT2D eigenvalue weighted by atomic mass is 16.1. The van der Waals surface area contributed by atoms with E-state index in [1.54, 1.807) is 24.5 Å². The van der Waals surface area contributed by atoms with Gasteiger partial charge in [-0.2, -0.15) is 0 Å². The van der Waals surface area contributed by atoms with Crippen LogP contribution >= 0.6 is 0 Å². The van der Waals surface area contributed by atoms with Crippen LogP contribution in [-0.4, -0.2) is 17.3 Å². The summed E-state index contributed by atoms with van der Waals surface area (Å²) in [5, 5.41) is 0. The molecule has 2 N–H and O–H groups in total. The molecule has 0 bridgehead atoms. The second kappa shape index (κ2) is 4.33. The van der Waals surface area contributed by atoms with Crippen molar-refractivity contribution in [3.63, 3.8) is 0 Å². The fourth-order valence-electron chi connectivity index (χ4n) is 1.36. The van der Waals surface area contributed by atoms with E-state index in [0.717, 1.165) is 0 Å². The number of hydrogen-bond acceptors (Lipinski definition) is 3. The van der Waals surface area contributed by atoms with E-state index in [9.17, 15) is 4.79 Å². The molecule has 3 nitrogen and oxygen atoms in total. The Labute approximate surface area is 84.3 Å². The molecule has 0 atom stereocenters. The zero-order valence-corrected chi connectivity index (χ0v) is 8.66. The van der Waals surface area contributed by atoms with Gasteiger partial charge in [0.2, 0.25) is 0 Å². The highest BCUT2D eigenvalue weighted by Gasteiger charge is 2.27. The van der Waals surface area contributed by atoms with Crippen LogP contribution in [0.3, 0.4) is 0 Å². The average Bonchev–Trinajstić information content (AvgIpc) is 2.18. The minimum atomic E-state index is -0.391. The second-order valence-electron chi connectivity index (χ2n) is 3.99. The van der Waals surface area contributed by atoms with Crippen molar-refractivity contribution >= 4 is 5.78 Å². The molecule has 1 heterocycles. The van der Waals surface area contributed by atoms with Crippen molar-refractivity contribution in [3.8, 4) is 0 Å². The fourth-order valence-corrected chi connectivity index (χ4v) is 1.36. The third-order valence-corrected chi connectivity index (χ3v) is 2.31. The zero-order chi connectivity index (χ0) is 10.6. The first-order valence-electron chi connectivity index (χ1n) is 4.73. The Bertz CT molecular complexity index is 306. The molecule has 0 saturated heterocycles. The van der Waals surface area contributed by atoms with Gasteiger partial charge < -0.3 is 5.73 Å². The SMILES string of the molecule is CC(C)(CCN)C(=O)c1cccnc1. The zero-order valence-electron chi connectivity index (χ0n) is 8.66. The first kappa shape index (κ1) is 10.9. The summed E-state index contributed by atoms with van der Waals surface area (Å²) in [6.45, 7) is 4.35. The molecular formula is C11H16N2O. The van der Waals surface area contributed by atoms with Gasteiger partial charge in [0.15, 0.2) is 5.78 Å². The standard InChI is InChI=1S/C11H16N2O/c1-11(2,5-6-12)10(14)9-4-3-7-13-8-9/h3-4,7-8H,5-6,12H2,1-2H3. The molecule has 0 radical (unpaired) electrons. The summed E-state index contributed by atoms with van der Waals surface area (Å²) in [4.78, 5) is 15.9. The van der Waals surface area contributed by atoms with Crippen LogP contribution in [0.15, 0.2) is 24.5 Å². The number of carbonyl (C=O) groups is 1. The van der Waals surface area contributed by atoms with Gasteiger partial charge in [-0.05, 0) is 25.1 Å². The predicted octanol–water partition coefficient (Wildman–Crippen LogP) is 1.64. The molecule has 1 rings (SSSR count). The lowest BCUT2D eigenvalue weighted by atomic mass is 9.82. The average molecular weight is 192 g/mol. The molecule has 1 aromatic heterocycles. The van der Waals surface area contributed by atoms with Crippen LogP contribution in [0.5, 0.6) is 0 Å².